The number of benzene rings is 7. The maximum Gasteiger partial charge on any atom is 0 e. The Morgan fingerprint density at radius 1 is 0.629 bits per heavy atom. The van der Waals surface area contributed by atoms with E-state index in [4.69, 9.17) is 9.97 Å². The van der Waals surface area contributed by atoms with Crippen LogP contribution < -0.4 is 4.40 Å². The normalized spacial score (nSPS) is 13.2. The SMILES string of the molecule is CC(C)c1cc(-c2ccccc2)cc(C(C)C)c1-n1c(-c2[c-]cc3sc4ccc(-c5ccccc5)cc4c3c2)nc2ccccc21.[CH3][Ge]([CH3])([CH3])[c]1cnc(-c2[c-]cccc2)cc1CC1CCCCC1.[Ir]. The summed E-state index contributed by atoms with van der Waals surface area (Å²) in [6.45, 7) is 9.21. The first-order valence-corrected chi connectivity index (χ1v) is 33.3. The van der Waals surface area contributed by atoms with Crippen molar-refractivity contribution in [3.63, 3.8) is 0 Å². The van der Waals surface area contributed by atoms with Gasteiger partial charge in [0.2, 0.25) is 0 Å². The van der Waals surface area contributed by atoms with Crippen LogP contribution in [0.5, 0.6) is 0 Å². The molecule has 3 nitrogen and oxygen atoms in total. The van der Waals surface area contributed by atoms with Gasteiger partial charge >= 0.3 is 144 Å². The fourth-order valence-corrected chi connectivity index (χ4v) is 14.8. The van der Waals surface area contributed by atoms with E-state index in [1.807, 2.05) is 23.5 Å². The van der Waals surface area contributed by atoms with Crippen LogP contribution in [0.4, 0.5) is 0 Å². The standard InChI is InChI=1S/C43H35N2S.C21H28GeN.Ir/c1-27(2)34-25-33(30-15-9-6-10-16-30)26-35(28(3)4)42(34)45-39-18-12-11-17-38(39)44-43(45)32-20-22-41-37(24-32)36-23-31(19-21-40(36)46-41)29-13-7-5-8-14-29;1-22(2,3)20-16-23-21(18-12-8-5-9-13-18)15-19(20)14-17-10-6-4-7-11-17;/h5-19,21-28H,1-4H3;5,8-9,12,15-17H,4,6-7,10-11,14H2,1-3H3;/q2*-1;. The largest absolute Gasteiger partial charge is 0 e. The summed E-state index contributed by atoms with van der Waals surface area (Å²) >= 11 is -0.0579. The Balaban J connectivity index is 0.000000214. The van der Waals surface area contributed by atoms with Crippen LogP contribution in [0, 0.1) is 18.1 Å². The Hall–Kier alpha value is -5.43. The molecule has 0 saturated heterocycles. The molecule has 11 rings (SSSR count). The fraction of sp³-hybridized carbons (Fsp3) is 0.250. The minimum Gasteiger partial charge on any atom is 0 e. The first-order chi connectivity index (χ1) is 33.5. The van der Waals surface area contributed by atoms with Crippen molar-refractivity contribution in [1.29, 1.82) is 0 Å². The van der Waals surface area contributed by atoms with Crippen molar-refractivity contribution in [2.75, 3.05) is 0 Å². The molecule has 0 aliphatic heterocycles. The number of hydrogen-bond donors (Lipinski definition) is 0. The molecule has 0 spiro atoms. The van der Waals surface area contributed by atoms with E-state index in [0.717, 1.165) is 39.6 Å². The second kappa shape index (κ2) is 21.5. The smallest absolute Gasteiger partial charge is 0 e. The summed E-state index contributed by atoms with van der Waals surface area (Å²) in [6, 6.07) is 63.6. The molecule has 10 aromatic rings. The van der Waals surface area contributed by atoms with E-state index in [9.17, 15) is 0 Å². The number of fused-ring (bicyclic) bond motifs is 4. The molecule has 3 heterocycles. The number of para-hydroxylation sites is 2. The second-order valence-corrected chi connectivity index (χ2v) is 32.4. The molecule has 6 heteroatoms. The van der Waals surface area contributed by atoms with Gasteiger partial charge < -0.3 is 4.57 Å². The topological polar surface area (TPSA) is 30.7 Å². The number of thiophene rings is 1. The summed E-state index contributed by atoms with van der Waals surface area (Å²) in [4.78, 5) is 10.1. The predicted molar refractivity (Wildman–Crippen MR) is 299 cm³/mol. The van der Waals surface area contributed by atoms with Crippen LogP contribution >= 0.6 is 11.3 Å². The van der Waals surface area contributed by atoms with Crippen LogP contribution in [0.15, 0.2) is 164 Å². The van der Waals surface area contributed by atoms with Crippen molar-refractivity contribution in [1.82, 2.24) is 14.5 Å². The number of imidazole rings is 1. The van der Waals surface area contributed by atoms with Gasteiger partial charge in [-0.15, -0.1) is 23.8 Å². The molecular weight excluding hydrogens is 1110 g/mol. The minimum absolute atomic E-state index is 0. The number of pyridine rings is 1. The van der Waals surface area contributed by atoms with E-state index in [0.29, 0.717) is 11.8 Å². The molecule has 0 bridgehead atoms. The van der Waals surface area contributed by atoms with Gasteiger partial charge in [0.25, 0.3) is 0 Å². The molecule has 0 atom stereocenters. The third-order valence-electron chi connectivity index (χ3n) is 14.1. The third kappa shape index (κ3) is 10.5. The number of nitrogens with zero attached hydrogens (tertiary/aromatic N) is 3. The van der Waals surface area contributed by atoms with E-state index in [2.05, 4.69) is 213 Å². The summed E-state index contributed by atoms with van der Waals surface area (Å²) in [5, 5.41) is 2.52. The molecule has 7 aromatic carbocycles. The summed E-state index contributed by atoms with van der Waals surface area (Å²) < 4.78 is 6.53. The van der Waals surface area contributed by atoms with Crippen molar-refractivity contribution in [2.45, 2.75) is 95.3 Å². The van der Waals surface area contributed by atoms with E-state index in [-0.39, 0.29) is 20.1 Å². The Kier molecular flexibility index (Phi) is 15.2. The summed E-state index contributed by atoms with van der Waals surface area (Å²) in [6.07, 6.45) is 10.5. The summed E-state index contributed by atoms with van der Waals surface area (Å²) in [5.74, 6) is 9.88. The number of rotatable bonds is 10. The molecule has 1 aliphatic carbocycles. The van der Waals surface area contributed by atoms with Gasteiger partial charge in [0.05, 0.1) is 16.9 Å². The van der Waals surface area contributed by atoms with Crippen LogP contribution in [0.3, 0.4) is 0 Å². The zero-order valence-electron chi connectivity index (χ0n) is 41.6. The van der Waals surface area contributed by atoms with Crippen LogP contribution in [-0.2, 0) is 26.5 Å². The van der Waals surface area contributed by atoms with E-state index < -0.39 is 13.3 Å². The van der Waals surface area contributed by atoms with E-state index in [1.54, 1.807) is 9.96 Å². The molecule has 3 aromatic heterocycles. The molecule has 1 radical (unpaired) electrons. The Bertz CT molecular complexity index is 3350. The van der Waals surface area contributed by atoms with Crippen molar-refractivity contribution >= 4 is 60.2 Å². The minimum atomic E-state index is -1.89. The zero-order valence-corrected chi connectivity index (χ0v) is 47.0. The van der Waals surface area contributed by atoms with Gasteiger partial charge in [-0.05, 0) is 91.7 Å². The predicted octanol–water partition coefficient (Wildman–Crippen LogP) is 17.7. The van der Waals surface area contributed by atoms with Crippen LogP contribution in [0.25, 0.3) is 81.8 Å². The maximum absolute atomic E-state index is 5.31. The van der Waals surface area contributed by atoms with Gasteiger partial charge in [-0.3, -0.25) is 4.98 Å². The van der Waals surface area contributed by atoms with Crippen LogP contribution in [0.1, 0.15) is 88.3 Å². The summed E-state index contributed by atoms with van der Waals surface area (Å²) in [5.41, 5.74) is 15.7. The molecular formula is C64H63GeIrN3S-2. The average Bonchev–Trinajstić information content (AvgIpc) is 3.95. The number of hydrogen-bond acceptors (Lipinski definition) is 3. The van der Waals surface area contributed by atoms with Gasteiger partial charge in [0.15, 0.2) is 0 Å². The van der Waals surface area contributed by atoms with Gasteiger partial charge in [0, 0.05) is 30.5 Å². The van der Waals surface area contributed by atoms with Crippen molar-refractivity contribution in [2.24, 2.45) is 5.92 Å². The quantitative estimate of drug-likeness (QED) is 0.101. The molecule has 355 valence electrons. The van der Waals surface area contributed by atoms with Gasteiger partial charge in [0.1, 0.15) is 0 Å². The average molecular weight is 1170 g/mol. The van der Waals surface area contributed by atoms with Gasteiger partial charge in [-0.2, -0.15) is 11.3 Å². The molecule has 1 fully saturated rings. The van der Waals surface area contributed by atoms with Gasteiger partial charge in [-0.25, -0.2) is 0 Å². The first-order valence-electron chi connectivity index (χ1n) is 25.1. The van der Waals surface area contributed by atoms with Crippen LogP contribution in [0.2, 0.25) is 17.3 Å². The van der Waals surface area contributed by atoms with Gasteiger partial charge in [-0.1, -0.05) is 112 Å². The fourth-order valence-electron chi connectivity index (χ4n) is 10.5. The monoisotopic (exact) mass is 1170 g/mol. The molecule has 70 heavy (non-hydrogen) atoms. The molecule has 0 unspecified atom stereocenters. The van der Waals surface area contributed by atoms with Crippen molar-refractivity contribution in [3.8, 4) is 50.6 Å². The first kappa shape index (κ1) is 49.5. The Labute approximate surface area is 436 Å². The molecule has 0 N–H and O–H groups in total. The zero-order chi connectivity index (χ0) is 47.6. The van der Waals surface area contributed by atoms with E-state index in [1.165, 1.54) is 97.8 Å². The number of aromatic nitrogens is 3. The molecule has 0 amide bonds. The third-order valence-corrected chi connectivity index (χ3v) is 19.5. The summed E-state index contributed by atoms with van der Waals surface area (Å²) in [7, 11) is 0. The maximum atomic E-state index is 5.31. The molecule has 1 aliphatic rings. The Morgan fingerprint density at radius 3 is 1.93 bits per heavy atom. The van der Waals surface area contributed by atoms with Crippen LogP contribution in [-0.4, -0.2) is 27.8 Å². The van der Waals surface area contributed by atoms with Crippen molar-refractivity contribution in [3.05, 3.63) is 193 Å². The van der Waals surface area contributed by atoms with Crippen molar-refractivity contribution < 1.29 is 20.1 Å². The Morgan fingerprint density at radius 2 is 1.27 bits per heavy atom. The molecule has 1 saturated carbocycles. The van der Waals surface area contributed by atoms with E-state index >= 15 is 0 Å². The second-order valence-electron chi connectivity index (χ2n) is 20.7.